The Morgan fingerprint density at radius 3 is 2.62 bits per heavy atom. The minimum absolute atomic E-state index is 0.111. The predicted molar refractivity (Wildman–Crippen MR) is 70.9 cm³/mol. The molecule has 0 aromatic carbocycles. The van der Waals surface area contributed by atoms with Crippen molar-refractivity contribution in [2.24, 2.45) is 0 Å². The molecule has 0 fully saturated rings. The van der Waals surface area contributed by atoms with E-state index < -0.39 is 0 Å². The first kappa shape index (κ1) is 15.8. The summed E-state index contributed by atoms with van der Waals surface area (Å²) in [6.07, 6.45) is 3.46. The second kappa shape index (κ2) is 11.3. The van der Waals surface area contributed by atoms with Crippen molar-refractivity contribution in [2.45, 2.75) is 46.1 Å². The largest absolute Gasteiger partial charge is 0.465 e. The van der Waals surface area contributed by atoms with E-state index in [9.17, 15) is 4.79 Å². The molecule has 4 heteroatoms. The maximum Gasteiger partial charge on any atom is 0.323 e. The molecule has 0 saturated carbocycles. The third kappa shape index (κ3) is 7.99. The molecule has 0 aliphatic rings. The van der Waals surface area contributed by atoms with Gasteiger partial charge in [0.15, 0.2) is 0 Å². The molecule has 0 aliphatic carbocycles. The van der Waals surface area contributed by atoms with Crippen LogP contribution in [0.3, 0.4) is 0 Å². The average Bonchev–Trinajstić information content (AvgIpc) is 2.28. The van der Waals surface area contributed by atoms with E-state index >= 15 is 0 Å². The number of hydrogen-bond acceptors (Lipinski definition) is 4. The molecule has 0 radical (unpaired) electrons. The molecule has 0 spiro atoms. The summed E-state index contributed by atoms with van der Waals surface area (Å²) >= 11 is 1.83. The van der Waals surface area contributed by atoms with Gasteiger partial charge in [-0.2, -0.15) is 11.8 Å². The Bertz CT molecular complexity index is 176. The van der Waals surface area contributed by atoms with Crippen LogP contribution in [0.15, 0.2) is 0 Å². The van der Waals surface area contributed by atoms with Crippen LogP contribution in [0.4, 0.5) is 0 Å². The molecule has 0 amide bonds. The second-order valence-electron chi connectivity index (χ2n) is 3.69. The van der Waals surface area contributed by atoms with Crippen molar-refractivity contribution in [1.82, 2.24) is 5.32 Å². The number of nitrogens with one attached hydrogen (secondary N) is 1. The highest BCUT2D eigenvalue weighted by molar-refractivity contribution is 7.99. The SMILES string of the molecule is CCCCSCC(NCCC)C(=O)OCC. The van der Waals surface area contributed by atoms with Gasteiger partial charge in [-0.3, -0.25) is 4.79 Å². The van der Waals surface area contributed by atoms with Crippen molar-refractivity contribution >= 4 is 17.7 Å². The molecular formula is C12H25NO2S. The van der Waals surface area contributed by atoms with Crippen molar-refractivity contribution < 1.29 is 9.53 Å². The Hall–Kier alpha value is -0.220. The number of rotatable bonds is 10. The van der Waals surface area contributed by atoms with Crippen LogP contribution >= 0.6 is 11.8 Å². The van der Waals surface area contributed by atoms with Crippen molar-refractivity contribution in [2.75, 3.05) is 24.7 Å². The Morgan fingerprint density at radius 1 is 1.31 bits per heavy atom. The molecule has 0 aromatic heterocycles. The molecular weight excluding hydrogens is 222 g/mol. The van der Waals surface area contributed by atoms with Crippen LogP contribution in [-0.2, 0) is 9.53 Å². The summed E-state index contributed by atoms with van der Waals surface area (Å²) in [5, 5.41) is 3.24. The summed E-state index contributed by atoms with van der Waals surface area (Å²) in [5.41, 5.74) is 0. The normalized spacial score (nSPS) is 12.4. The summed E-state index contributed by atoms with van der Waals surface area (Å²) in [4.78, 5) is 11.6. The Balaban J connectivity index is 3.84. The minimum atomic E-state index is -0.137. The molecule has 0 bridgehead atoms. The van der Waals surface area contributed by atoms with Gasteiger partial charge in [-0.25, -0.2) is 0 Å². The zero-order valence-electron chi connectivity index (χ0n) is 10.8. The van der Waals surface area contributed by atoms with E-state index in [1.807, 2.05) is 18.7 Å². The zero-order valence-corrected chi connectivity index (χ0v) is 11.6. The third-order valence-electron chi connectivity index (χ3n) is 2.14. The number of esters is 1. The van der Waals surface area contributed by atoms with Crippen LogP contribution in [0, 0.1) is 0 Å². The van der Waals surface area contributed by atoms with Crippen molar-refractivity contribution in [3.05, 3.63) is 0 Å². The molecule has 0 aliphatic heterocycles. The van der Waals surface area contributed by atoms with Gasteiger partial charge in [-0.15, -0.1) is 0 Å². The first-order chi connectivity index (χ1) is 7.76. The first-order valence-corrected chi connectivity index (χ1v) is 7.39. The van der Waals surface area contributed by atoms with Crippen molar-refractivity contribution in [3.8, 4) is 0 Å². The molecule has 0 rings (SSSR count). The number of carbonyl (C=O) groups is 1. The van der Waals surface area contributed by atoms with Gasteiger partial charge >= 0.3 is 5.97 Å². The smallest absolute Gasteiger partial charge is 0.323 e. The first-order valence-electron chi connectivity index (χ1n) is 6.23. The number of thioether (sulfide) groups is 1. The van der Waals surface area contributed by atoms with Gasteiger partial charge < -0.3 is 10.1 Å². The number of ether oxygens (including phenoxy) is 1. The predicted octanol–water partition coefficient (Wildman–Crippen LogP) is 2.45. The third-order valence-corrected chi connectivity index (χ3v) is 3.28. The van der Waals surface area contributed by atoms with Gasteiger partial charge in [-0.05, 0) is 32.1 Å². The quantitative estimate of drug-likeness (QED) is 0.475. The van der Waals surface area contributed by atoms with Gasteiger partial charge in [0.05, 0.1) is 6.61 Å². The highest BCUT2D eigenvalue weighted by Crippen LogP contribution is 2.07. The van der Waals surface area contributed by atoms with E-state index in [4.69, 9.17) is 4.74 Å². The highest BCUT2D eigenvalue weighted by Gasteiger charge is 2.18. The topological polar surface area (TPSA) is 38.3 Å². The van der Waals surface area contributed by atoms with Crippen LogP contribution in [0.2, 0.25) is 0 Å². The summed E-state index contributed by atoms with van der Waals surface area (Å²) in [6, 6.07) is -0.137. The highest BCUT2D eigenvalue weighted by atomic mass is 32.2. The van der Waals surface area contributed by atoms with Crippen LogP contribution in [-0.4, -0.2) is 36.7 Å². The van der Waals surface area contributed by atoms with Crippen LogP contribution in [0.25, 0.3) is 0 Å². The maximum atomic E-state index is 11.6. The molecule has 1 unspecified atom stereocenters. The fraction of sp³-hybridized carbons (Fsp3) is 0.917. The van der Waals surface area contributed by atoms with Crippen molar-refractivity contribution in [3.63, 3.8) is 0 Å². The lowest BCUT2D eigenvalue weighted by Gasteiger charge is -2.16. The summed E-state index contributed by atoms with van der Waals surface area (Å²) in [6.45, 7) is 7.46. The lowest BCUT2D eigenvalue weighted by Crippen LogP contribution is -2.40. The lowest BCUT2D eigenvalue weighted by molar-refractivity contribution is -0.144. The molecule has 96 valence electrons. The van der Waals surface area contributed by atoms with E-state index in [0.29, 0.717) is 6.61 Å². The molecule has 0 saturated heterocycles. The molecule has 1 N–H and O–H groups in total. The van der Waals surface area contributed by atoms with E-state index in [1.165, 1.54) is 12.8 Å². The maximum absolute atomic E-state index is 11.6. The van der Waals surface area contributed by atoms with Gasteiger partial charge in [0.1, 0.15) is 6.04 Å². The molecule has 0 heterocycles. The number of hydrogen-bond donors (Lipinski definition) is 1. The number of unbranched alkanes of at least 4 members (excludes halogenated alkanes) is 1. The monoisotopic (exact) mass is 247 g/mol. The molecule has 0 aromatic rings. The fourth-order valence-corrected chi connectivity index (χ4v) is 2.37. The summed E-state index contributed by atoms with van der Waals surface area (Å²) in [7, 11) is 0. The standard InChI is InChI=1S/C12H25NO2S/c1-4-7-9-16-10-11(13-8-5-2)12(14)15-6-3/h11,13H,4-10H2,1-3H3. The zero-order chi connectivity index (χ0) is 12.2. The van der Waals surface area contributed by atoms with E-state index in [-0.39, 0.29) is 12.0 Å². The number of carbonyl (C=O) groups excluding carboxylic acids is 1. The fourth-order valence-electron chi connectivity index (χ4n) is 1.22. The van der Waals surface area contributed by atoms with Gasteiger partial charge in [0.25, 0.3) is 0 Å². The van der Waals surface area contributed by atoms with Crippen LogP contribution in [0.5, 0.6) is 0 Å². The molecule has 1 atom stereocenters. The van der Waals surface area contributed by atoms with Gasteiger partial charge in [-0.1, -0.05) is 20.3 Å². The van der Waals surface area contributed by atoms with E-state index in [2.05, 4.69) is 19.2 Å². The summed E-state index contributed by atoms with van der Waals surface area (Å²) in [5.74, 6) is 1.83. The Morgan fingerprint density at radius 2 is 2.06 bits per heavy atom. The second-order valence-corrected chi connectivity index (χ2v) is 4.84. The average molecular weight is 247 g/mol. The summed E-state index contributed by atoms with van der Waals surface area (Å²) < 4.78 is 5.04. The van der Waals surface area contributed by atoms with Gasteiger partial charge in [0, 0.05) is 5.75 Å². The van der Waals surface area contributed by atoms with E-state index in [0.717, 1.165) is 24.5 Å². The molecule has 16 heavy (non-hydrogen) atoms. The van der Waals surface area contributed by atoms with Gasteiger partial charge in [0.2, 0.25) is 0 Å². The molecule has 3 nitrogen and oxygen atoms in total. The minimum Gasteiger partial charge on any atom is -0.465 e. The lowest BCUT2D eigenvalue weighted by atomic mass is 10.3. The van der Waals surface area contributed by atoms with E-state index in [1.54, 1.807) is 0 Å². The Kier molecular flexibility index (Phi) is 11.1. The van der Waals surface area contributed by atoms with Crippen LogP contribution in [0.1, 0.15) is 40.0 Å². The van der Waals surface area contributed by atoms with Crippen LogP contribution < -0.4 is 5.32 Å². The Labute approximate surface area is 104 Å². The van der Waals surface area contributed by atoms with Crippen molar-refractivity contribution in [1.29, 1.82) is 0 Å².